The van der Waals surface area contributed by atoms with Gasteiger partial charge in [-0.15, -0.1) is 0 Å². The van der Waals surface area contributed by atoms with E-state index in [0.717, 1.165) is 17.3 Å². The van der Waals surface area contributed by atoms with Crippen LogP contribution in [-0.2, 0) is 11.3 Å². The Balaban J connectivity index is 1.57. The van der Waals surface area contributed by atoms with Crippen LogP contribution >= 0.6 is 11.8 Å². The fourth-order valence-corrected chi connectivity index (χ4v) is 5.25. The second-order valence-corrected chi connectivity index (χ2v) is 9.48. The van der Waals surface area contributed by atoms with Gasteiger partial charge < -0.3 is 5.32 Å². The highest BCUT2D eigenvalue weighted by Crippen LogP contribution is 2.26. The molecule has 0 bridgehead atoms. The van der Waals surface area contributed by atoms with Crippen molar-refractivity contribution in [3.05, 3.63) is 46.8 Å². The minimum atomic E-state index is -0.309. The summed E-state index contributed by atoms with van der Waals surface area (Å²) in [4.78, 5) is 30.6. The van der Waals surface area contributed by atoms with Crippen molar-refractivity contribution in [3.8, 4) is 0 Å². The molecule has 1 aromatic heterocycles. The van der Waals surface area contributed by atoms with E-state index in [1.165, 1.54) is 43.9 Å². The molecule has 1 unspecified atom stereocenters. The predicted octanol–water partition coefficient (Wildman–Crippen LogP) is 4.75. The average Bonchev–Trinajstić information content (AvgIpc) is 2.77. The van der Waals surface area contributed by atoms with Crippen LogP contribution in [0.1, 0.15) is 46.0 Å². The first-order chi connectivity index (χ1) is 14.6. The Morgan fingerprint density at radius 1 is 1.20 bits per heavy atom. The number of hydrogen-bond donors (Lipinski definition) is 1. The third kappa shape index (κ3) is 4.38. The van der Waals surface area contributed by atoms with Gasteiger partial charge in [0, 0.05) is 13.1 Å². The lowest BCUT2D eigenvalue weighted by Crippen LogP contribution is -2.35. The van der Waals surface area contributed by atoms with Crippen LogP contribution in [0.25, 0.3) is 21.7 Å². The summed E-state index contributed by atoms with van der Waals surface area (Å²) in [5.41, 5.74) is 0.631. The maximum absolute atomic E-state index is 13.1. The van der Waals surface area contributed by atoms with Crippen LogP contribution in [0.15, 0.2) is 46.3 Å². The van der Waals surface area contributed by atoms with Crippen molar-refractivity contribution in [1.82, 2.24) is 14.9 Å². The average molecular weight is 424 g/mol. The number of thioether (sulfide) groups is 1. The van der Waals surface area contributed by atoms with Crippen LogP contribution in [0.3, 0.4) is 0 Å². The van der Waals surface area contributed by atoms with E-state index in [2.05, 4.69) is 5.32 Å². The molecule has 1 saturated carbocycles. The number of nitrogens with one attached hydrogen (secondary N) is 1. The molecule has 1 amide bonds. The Morgan fingerprint density at radius 2 is 1.90 bits per heavy atom. The number of carbonyl (C=O) groups excluding carboxylic acids is 1. The van der Waals surface area contributed by atoms with E-state index < -0.39 is 0 Å². The van der Waals surface area contributed by atoms with Gasteiger partial charge in [-0.05, 0) is 55.5 Å². The smallest absolute Gasteiger partial charge is 0.262 e. The molecule has 2 aromatic carbocycles. The topological polar surface area (TPSA) is 64.0 Å². The van der Waals surface area contributed by atoms with Gasteiger partial charge in [0.2, 0.25) is 5.91 Å². The van der Waals surface area contributed by atoms with E-state index in [4.69, 9.17) is 4.98 Å². The third-order valence-corrected chi connectivity index (χ3v) is 7.13. The molecule has 158 valence electrons. The molecule has 0 radical (unpaired) electrons. The summed E-state index contributed by atoms with van der Waals surface area (Å²) in [6.07, 6.45) is 6.26. The Kier molecular flexibility index (Phi) is 6.42. The van der Waals surface area contributed by atoms with Crippen LogP contribution < -0.4 is 10.9 Å². The largest absolute Gasteiger partial charge is 0.355 e. The second kappa shape index (κ2) is 9.21. The summed E-state index contributed by atoms with van der Waals surface area (Å²) < 4.78 is 1.67. The van der Waals surface area contributed by atoms with E-state index in [-0.39, 0.29) is 16.7 Å². The molecule has 5 nitrogen and oxygen atoms in total. The van der Waals surface area contributed by atoms with E-state index in [0.29, 0.717) is 28.5 Å². The van der Waals surface area contributed by atoms with Gasteiger partial charge in [0.15, 0.2) is 5.16 Å². The van der Waals surface area contributed by atoms with Gasteiger partial charge in [0.1, 0.15) is 0 Å². The lowest BCUT2D eigenvalue weighted by molar-refractivity contribution is -0.120. The molecule has 30 heavy (non-hydrogen) atoms. The fraction of sp³-hybridized carbons (Fsp3) is 0.458. The number of aromatic nitrogens is 2. The molecule has 6 heteroatoms. The Labute approximate surface area is 181 Å². The lowest BCUT2D eigenvalue weighted by atomic mass is 9.89. The highest BCUT2D eigenvalue weighted by molar-refractivity contribution is 8.00. The van der Waals surface area contributed by atoms with Crippen LogP contribution in [0.5, 0.6) is 0 Å². The zero-order valence-corrected chi connectivity index (χ0v) is 18.5. The Morgan fingerprint density at radius 3 is 2.60 bits per heavy atom. The van der Waals surface area contributed by atoms with E-state index in [9.17, 15) is 9.59 Å². The summed E-state index contributed by atoms with van der Waals surface area (Å²) in [5.74, 6) is 0.613. The SMILES string of the molecule is CCn1c(SC(C)C(=O)NCC2CCCCC2)nc2cc3ccccc3cc2c1=O. The number of fused-ring (bicyclic) bond motifs is 2. The van der Waals surface area contributed by atoms with Crippen LogP contribution in [-0.4, -0.2) is 27.3 Å². The lowest BCUT2D eigenvalue weighted by Gasteiger charge is -2.22. The Hall–Kier alpha value is -2.34. The number of hydrogen-bond acceptors (Lipinski definition) is 4. The van der Waals surface area contributed by atoms with Crippen molar-refractivity contribution >= 4 is 39.3 Å². The highest BCUT2D eigenvalue weighted by Gasteiger charge is 2.21. The molecule has 1 heterocycles. The minimum absolute atomic E-state index is 0.0149. The second-order valence-electron chi connectivity index (χ2n) is 8.17. The first kappa shape index (κ1) is 20.9. The summed E-state index contributed by atoms with van der Waals surface area (Å²) >= 11 is 1.36. The van der Waals surface area contributed by atoms with Gasteiger partial charge in [0.05, 0.1) is 16.2 Å². The summed E-state index contributed by atoms with van der Waals surface area (Å²) in [6, 6.07) is 11.9. The normalized spacial score (nSPS) is 16.1. The zero-order valence-electron chi connectivity index (χ0n) is 17.7. The van der Waals surface area contributed by atoms with Gasteiger partial charge in [-0.1, -0.05) is 55.3 Å². The summed E-state index contributed by atoms with van der Waals surface area (Å²) in [7, 11) is 0. The van der Waals surface area contributed by atoms with Crippen molar-refractivity contribution in [2.75, 3.05) is 6.54 Å². The highest BCUT2D eigenvalue weighted by atomic mass is 32.2. The maximum atomic E-state index is 13.1. The standard InChI is InChI=1S/C24H29N3O2S/c1-3-27-23(29)20-13-18-11-7-8-12-19(18)14-21(20)26-24(27)30-16(2)22(28)25-15-17-9-5-4-6-10-17/h7-8,11-14,16-17H,3-6,9-10,15H2,1-2H3,(H,25,28). The Bertz CT molecular complexity index is 1120. The van der Waals surface area contributed by atoms with E-state index in [1.807, 2.05) is 50.2 Å². The molecule has 1 aliphatic rings. The molecule has 4 rings (SSSR count). The first-order valence-corrected chi connectivity index (χ1v) is 11.8. The van der Waals surface area contributed by atoms with Crippen molar-refractivity contribution < 1.29 is 4.79 Å². The van der Waals surface area contributed by atoms with Gasteiger partial charge >= 0.3 is 0 Å². The van der Waals surface area contributed by atoms with Gasteiger partial charge in [-0.3, -0.25) is 14.2 Å². The van der Waals surface area contributed by atoms with Gasteiger partial charge in [0.25, 0.3) is 5.56 Å². The fourth-order valence-electron chi connectivity index (χ4n) is 4.25. The number of carbonyl (C=O) groups is 1. The van der Waals surface area contributed by atoms with Crippen LogP contribution in [0, 0.1) is 5.92 Å². The molecule has 0 saturated heterocycles. The van der Waals surface area contributed by atoms with Crippen molar-refractivity contribution in [2.24, 2.45) is 5.92 Å². The number of benzene rings is 2. The van der Waals surface area contributed by atoms with Gasteiger partial charge in [-0.25, -0.2) is 4.98 Å². The number of nitrogens with zero attached hydrogens (tertiary/aromatic N) is 2. The maximum Gasteiger partial charge on any atom is 0.262 e. The molecule has 0 aliphatic heterocycles. The molecule has 1 atom stereocenters. The zero-order chi connectivity index (χ0) is 21.1. The van der Waals surface area contributed by atoms with Crippen molar-refractivity contribution in [3.63, 3.8) is 0 Å². The molecule has 0 spiro atoms. The number of amides is 1. The van der Waals surface area contributed by atoms with Gasteiger partial charge in [-0.2, -0.15) is 0 Å². The first-order valence-electron chi connectivity index (χ1n) is 10.9. The molecular formula is C24H29N3O2S. The monoisotopic (exact) mass is 423 g/mol. The van der Waals surface area contributed by atoms with Crippen LogP contribution in [0.2, 0.25) is 0 Å². The summed E-state index contributed by atoms with van der Waals surface area (Å²) in [6.45, 7) is 5.10. The number of rotatable bonds is 6. The van der Waals surface area contributed by atoms with E-state index in [1.54, 1.807) is 4.57 Å². The third-order valence-electron chi connectivity index (χ3n) is 6.04. The molecule has 3 aromatic rings. The van der Waals surface area contributed by atoms with Crippen molar-refractivity contribution in [1.29, 1.82) is 0 Å². The summed E-state index contributed by atoms with van der Waals surface area (Å²) in [5, 5.41) is 6.11. The molecule has 1 N–H and O–H groups in total. The predicted molar refractivity (Wildman–Crippen MR) is 124 cm³/mol. The quantitative estimate of drug-likeness (QED) is 0.353. The molecular weight excluding hydrogens is 394 g/mol. The molecule has 1 aliphatic carbocycles. The minimum Gasteiger partial charge on any atom is -0.355 e. The molecule has 1 fully saturated rings. The van der Waals surface area contributed by atoms with Crippen molar-refractivity contribution in [2.45, 2.75) is 62.9 Å². The van der Waals surface area contributed by atoms with Crippen LogP contribution in [0.4, 0.5) is 0 Å². The van der Waals surface area contributed by atoms with E-state index >= 15 is 0 Å².